The molecule has 178 valence electrons. The van der Waals surface area contributed by atoms with Crippen molar-refractivity contribution in [3.8, 4) is 11.3 Å². The number of fused-ring (bicyclic) bond motifs is 3. The Morgan fingerprint density at radius 1 is 1.24 bits per heavy atom. The van der Waals surface area contributed by atoms with Gasteiger partial charge >= 0.3 is 5.97 Å². The van der Waals surface area contributed by atoms with Crippen LogP contribution in [0.5, 0.6) is 0 Å². The van der Waals surface area contributed by atoms with Gasteiger partial charge in [0.2, 0.25) is 10.0 Å². The second-order valence-electron chi connectivity index (χ2n) is 10.6. The van der Waals surface area contributed by atoms with Gasteiger partial charge in [-0.15, -0.1) is 0 Å². The minimum Gasteiger partial charge on any atom is -0.459 e. The number of aromatic nitrogens is 2. The second kappa shape index (κ2) is 7.65. The standard InChI is InChI=1S/C24H31N3O5S/c1-23(2,3)32-20(28)14-33(30,31)26-10-8-24(9-11-26)12-18(22(24)29)21-17-7-5-4-6-16(17)19-13-25-15-27(19)21/h4-7,13,15,18,21-22,29H,8-12,14H2,1-3H3/t18-,21+,22+/m0/s1. The molecule has 5 rings (SSSR count). The molecule has 1 aliphatic carbocycles. The number of hydrogen-bond donors (Lipinski definition) is 1. The number of aliphatic hydroxyl groups is 1. The highest BCUT2D eigenvalue weighted by molar-refractivity contribution is 7.89. The first-order chi connectivity index (χ1) is 15.5. The van der Waals surface area contributed by atoms with Crippen LogP contribution in [0.1, 0.15) is 51.6 Å². The number of sulfonamides is 1. The average Bonchev–Trinajstić information content (AvgIpc) is 3.31. The lowest BCUT2D eigenvalue weighted by atomic mass is 9.53. The van der Waals surface area contributed by atoms with Crippen LogP contribution in [-0.2, 0) is 19.6 Å². The zero-order valence-corrected chi connectivity index (χ0v) is 20.1. The fourth-order valence-corrected chi connectivity index (χ4v) is 7.19. The van der Waals surface area contributed by atoms with E-state index in [0.29, 0.717) is 25.9 Å². The van der Waals surface area contributed by atoms with Crippen molar-refractivity contribution in [2.24, 2.45) is 11.3 Å². The first-order valence-corrected chi connectivity index (χ1v) is 13.1. The van der Waals surface area contributed by atoms with Crippen LogP contribution < -0.4 is 0 Å². The van der Waals surface area contributed by atoms with Crippen LogP contribution in [0.25, 0.3) is 11.3 Å². The number of carbonyl (C=O) groups excluding carboxylic acids is 1. The summed E-state index contributed by atoms with van der Waals surface area (Å²) in [6.07, 6.45) is 5.20. The Kier molecular flexibility index (Phi) is 5.23. The van der Waals surface area contributed by atoms with Crippen molar-refractivity contribution in [3.63, 3.8) is 0 Å². The molecule has 0 bridgehead atoms. The molecule has 8 nitrogen and oxygen atoms in total. The molecule has 3 aliphatic rings. The van der Waals surface area contributed by atoms with Crippen molar-refractivity contribution in [3.05, 3.63) is 42.4 Å². The van der Waals surface area contributed by atoms with E-state index in [9.17, 15) is 18.3 Å². The van der Waals surface area contributed by atoms with Gasteiger partial charge in [0.1, 0.15) is 5.60 Å². The SMILES string of the molecule is CC(C)(C)OC(=O)CS(=O)(=O)N1CCC2(CC1)C[C@@H]([C@H]1c3ccccc3-c3cncn31)[C@H]2O. The molecule has 3 heterocycles. The molecule has 2 aromatic rings. The first-order valence-electron chi connectivity index (χ1n) is 11.5. The molecule has 1 spiro atoms. The fraction of sp³-hybridized carbons (Fsp3) is 0.583. The Bertz CT molecular complexity index is 1170. The van der Waals surface area contributed by atoms with Gasteiger partial charge in [0, 0.05) is 24.6 Å². The van der Waals surface area contributed by atoms with Gasteiger partial charge < -0.3 is 14.4 Å². The molecular formula is C24H31N3O5S. The number of esters is 1. The minimum absolute atomic E-state index is 0.0493. The summed E-state index contributed by atoms with van der Waals surface area (Å²) in [6, 6.07) is 8.31. The quantitative estimate of drug-likeness (QED) is 0.685. The van der Waals surface area contributed by atoms with E-state index in [1.54, 1.807) is 20.8 Å². The molecule has 0 radical (unpaired) electrons. The summed E-state index contributed by atoms with van der Waals surface area (Å²) in [5.74, 6) is -1.32. The molecule has 9 heteroatoms. The van der Waals surface area contributed by atoms with Crippen LogP contribution in [0.3, 0.4) is 0 Å². The highest BCUT2D eigenvalue weighted by Crippen LogP contribution is 2.59. The summed E-state index contributed by atoms with van der Waals surface area (Å²) in [6.45, 7) is 5.77. The van der Waals surface area contributed by atoms with Crippen molar-refractivity contribution in [2.45, 2.75) is 57.8 Å². The lowest BCUT2D eigenvalue weighted by Crippen LogP contribution is -2.60. The van der Waals surface area contributed by atoms with E-state index < -0.39 is 33.5 Å². The van der Waals surface area contributed by atoms with Crippen LogP contribution in [0.2, 0.25) is 0 Å². The van der Waals surface area contributed by atoms with Gasteiger partial charge in [-0.2, -0.15) is 0 Å². The van der Waals surface area contributed by atoms with E-state index in [-0.39, 0.29) is 17.4 Å². The van der Waals surface area contributed by atoms with Crippen LogP contribution in [0, 0.1) is 11.3 Å². The minimum atomic E-state index is -3.74. The number of hydrogen-bond acceptors (Lipinski definition) is 6. The van der Waals surface area contributed by atoms with E-state index in [4.69, 9.17) is 4.74 Å². The normalized spacial score (nSPS) is 26.5. The van der Waals surface area contributed by atoms with Crippen LogP contribution in [0.15, 0.2) is 36.8 Å². The molecule has 1 saturated carbocycles. The predicted octanol–water partition coefficient (Wildman–Crippen LogP) is 2.59. The molecular weight excluding hydrogens is 442 g/mol. The largest absolute Gasteiger partial charge is 0.459 e. The Balaban J connectivity index is 1.25. The first kappa shape index (κ1) is 22.6. The number of rotatable bonds is 4. The molecule has 1 aromatic carbocycles. The molecule has 1 N–H and O–H groups in total. The Morgan fingerprint density at radius 2 is 1.94 bits per heavy atom. The van der Waals surface area contributed by atoms with Crippen LogP contribution >= 0.6 is 0 Å². The maximum absolute atomic E-state index is 12.8. The highest BCUT2D eigenvalue weighted by Gasteiger charge is 2.58. The molecule has 3 atom stereocenters. The Morgan fingerprint density at radius 3 is 2.61 bits per heavy atom. The number of benzene rings is 1. The van der Waals surface area contributed by atoms with E-state index in [1.807, 2.05) is 24.7 Å². The maximum Gasteiger partial charge on any atom is 0.323 e. The van der Waals surface area contributed by atoms with Gasteiger partial charge in [0.25, 0.3) is 0 Å². The van der Waals surface area contributed by atoms with E-state index in [1.165, 1.54) is 9.87 Å². The zero-order chi connectivity index (χ0) is 23.6. The lowest BCUT2D eigenvalue weighted by Gasteiger charge is -2.57. The predicted molar refractivity (Wildman–Crippen MR) is 123 cm³/mol. The fourth-order valence-electron chi connectivity index (χ4n) is 5.91. The van der Waals surface area contributed by atoms with Crippen molar-refractivity contribution in [1.29, 1.82) is 0 Å². The third kappa shape index (κ3) is 3.80. The Hall–Kier alpha value is -2.23. The third-order valence-corrected chi connectivity index (χ3v) is 9.19. The topological polar surface area (TPSA) is 102 Å². The average molecular weight is 474 g/mol. The van der Waals surface area contributed by atoms with Gasteiger partial charge in [-0.3, -0.25) is 4.79 Å². The smallest absolute Gasteiger partial charge is 0.323 e. The molecule has 2 aliphatic heterocycles. The number of ether oxygens (including phenoxy) is 1. The van der Waals surface area contributed by atoms with Crippen molar-refractivity contribution in [2.75, 3.05) is 18.8 Å². The summed E-state index contributed by atoms with van der Waals surface area (Å²) in [4.78, 5) is 16.4. The molecule has 2 fully saturated rings. The number of piperidine rings is 1. The van der Waals surface area contributed by atoms with E-state index in [0.717, 1.165) is 17.7 Å². The lowest BCUT2D eigenvalue weighted by molar-refractivity contribution is -0.153. The number of nitrogens with zero attached hydrogens (tertiary/aromatic N) is 3. The third-order valence-electron chi connectivity index (χ3n) is 7.43. The highest BCUT2D eigenvalue weighted by atomic mass is 32.2. The second-order valence-corrected chi connectivity index (χ2v) is 12.6. The number of carbonyl (C=O) groups is 1. The van der Waals surface area contributed by atoms with Crippen LogP contribution in [-0.4, -0.2) is 63.9 Å². The summed E-state index contributed by atoms with van der Waals surface area (Å²) in [5.41, 5.74) is 2.45. The van der Waals surface area contributed by atoms with Gasteiger partial charge in [0.15, 0.2) is 5.75 Å². The van der Waals surface area contributed by atoms with Crippen molar-refractivity contribution in [1.82, 2.24) is 13.9 Å². The summed E-state index contributed by atoms with van der Waals surface area (Å²) in [7, 11) is -3.74. The Labute approximate surface area is 194 Å². The van der Waals surface area contributed by atoms with Crippen molar-refractivity contribution >= 4 is 16.0 Å². The maximum atomic E-state index is 12.8. The summed E-state index contributed by atoms with van der Waals surface area (Å²) in [5, 5.41) is 11.3. The van der Waals surface area contributed by atoms with Gasteiger partial charge in [0.05, 0.1) is 30.4 Å². The number of imidazole rings is 1. The van der Waals surface area contributed by atoms with E-state index >= 15 is 0 Å². The molecule has 1 saturated heterocycles. The monoisotopic (exact) mass is 473 g/mol. The van der Waals surface area contributed by atoms with Gasteiger partial charge in [-0.25, -0.2) is 17.7 Å². The van der Waals surface area contributed by atoms with E-state index in [2.05, 4.69) is 21.7 Å². The zero-order valence-electron chi connectivity index (χ0n) is 19.3. The van der Waals surface area contributed by atoms with Gasteiger partial charge in [-0.1, -0.05) is 24.3 Å². The molecule has 0 unspecified atom stereocenters. The summed E-state index contributed by atoms with van der Waals surface area (Å²) >= 11 is 0. The summed E-state index contributed by atoms with van der Waals surface area (Å²) < 4.78 is 34.2. The van der Waals surface area contributed by atoms with Crippen LogP contribution in [0.4, 0.5) is 0 Å². The van der Waals surface area contributed by atoms with Gasteiger partial charge in [-0.05, 0) is 51.0 Å². The molecule has 0 amide bonds. The molecule has 33 heavy (non-hydrogen) atoms. The van der Waals surface area contributed by atoms with Crippen molar-refractivity contribution < 1.29 is 23.1 Å². The molecule has 1 aromatic heterocycles. The number of aliphatic hydroxyl groups excluding tert-OH is 1.